The van der Waals surface area contributed by atoms with E-state index in [0.29, 0.717) is 6.54 Å². The number of amides is 1. The fraction of sp³-hybridized carbons (Fsp3) is 0.400. The van der Waals surface area contributed by atoms with Gasteiger partial charge >= 0.3 is 0 Å². The van der Waals surface area contributed by atoms with Crippen LogP contribution in [0.5, 0.6) is 0 Å². The first-order valence-electron chi connectivity index (χ1n) is 10.9. The van der Waals surface area contributed by atoms with E-state index in [1.54, 1.807) is 0 Å². The van der Waals surface area contributed by atoms with Crippen molar-refractivity contribution >= 4 is 41.6 Å². The number of hydrogen-bond donors (Lipinski definition) is 2. The zero-order valence-electron chi connectivity index (χ0n) is 19.5. The highest BCUT2D eigenvalue weighted by Crippen LogP contribution is 2.35. The molecule has 174 valence electrons. The molecule has 5 nitrogen and oxygen atoms in total. The smallest absolute Gasteiger partial charge is 0.252 e. The molecule has 0 saturated carbocycles. The van der Waals surface area contributed by atoms with Gasteiger partial charge in [-0.05, 0) is 75.1 Å². The molecule has 1 aliphatic rings. The Balaban J connectivity index is 0.00000181. The van der Waals surface area contributed by atoms with Crippen molar-refractivity contribution in [2.75, 3.05) is 27.2 Å². The molecule has 0 aliphatic carbocycles. The SMILES string of the molecule is CCN(CC)Cc1ccc2[nH]c(-c3cc(C(C)N(C)C)cc4c3C(=O)NC4)cc2c1.Cl.Cl. The monoisotopic (exact) mass is 476 g/mol. The van der Waals surface area contributed by atoms with Crippen LogP contribution in [0.3, 0.4) is 0 Å². The zero-order chi connectivity index (χ0) is 21.4. The highest BCUT2D eigenvalue weighted by Gasteiger charge is 2.26. The number of aromatic nitrogens is 1. The number of nitrogens with zero attached hydrogens (tertiary/aromatic N) is 2. The Morgan fingerprint density at radius 3 is 2.41 bits per heavy atom. The van der Waals surface area contributed by atoms with Crippen molar-refractivity contribution in [2.24, 2.45) is 0 Å². The van der Waals surface area contributed by atoms with Crippen LogP contribution in [-0.2, 0) is 13.1 Å². The summed E-state index contributed by atoms with van der Waals surface area (Å²) in [7, 11) is 4.17. The molecule has 7 heteroatoms. The van der Waals surface area contributed by atoms with Crippen molar-refractivity contribution in [1.82, 2.24) is 20.1 Å². The Kier molecular flexibility index (Phi) is 8.77. The molecule has 2 heterocycles. The summed E-state index contributed by atoms with van der Waals surface area (Å²) in [5.41, 5.74) is 7.54. The topological polar surface area (TPSA) is 51.4 Å². The van der Waals surface area contributed by atoms with E-state index in [-0.39, 0.29) is 36.8 Å². The molecular weight excluding hydrogens is 443 g/mol. The molecule has 1 aliphatic heterocycles. The van der Waals surface area contributed by atoms with Crippen LogP contribution in [0.25, 0.3) is 22.2 Å². The molecule has 4 rings (SSSR count). The van der Waals surface area contributed by atoms with Gasteiger partial charge in [-0.2, -0.15) is 0 Å². The molecule has 0 fully saturated rings. The lowest BCUT2D eigenvalue weighted by atomic mass is 9.94. The minimum Gasteiger partial charge on any atom is -0.355 e. The maximum Gasteiger partial charge on any atom is 0.252 e. The fourth-order valence-electron chi connectivity index (χ4n) is 4.28. The molecule has 2 aromatic carbocycles. The normalized spacial score (nSPS) is 13.7. The Hall–Kier alpha value is -2.05. The van der Waals surface area contributed by atoms with Gasteiger partial charge in [0.05, 0.1) is 5.56 Å². The Morgan fingerprint density at radius 2 is 1.75 bits per heavy atom. The quantitative estimate of drug-likeness (QED) is 0.480. The third kappa shape index (κ3) is 4.96. The Morgan fingerprint density at radius 1 is 1.03 bits per heavy atom. The van der Waals surface area contributed by atoms with Gasteiger partial charge in [0.2, 0.25) is 0 Å². The molecule has 1 unspecified atom stereocenters. The van der Waals surface area contributed by atoms with Gasteiger partial charge in [-0.3, -0.25) is 9.69 Å². The van der Waals surface area contributed by atoms with Crippen molar-refractivity contribution in [3.63, 3.8) is 0 Å². The van der Waals surface area contributed by atoms with Crippen LogP contribution < -0.4 is 5.32 Å². The van der Waals surface area contributed by atoms with E-state index in [4.69, 9.17) is 0 Å². The second kappa shape index (κ2) is 10.7. The van der Waals surface area contributed by atoms with Gasteiger partial charge in [0.1, 0.15) is 0 Å². The summed E-state index contributed by atoms with van der Waals surface area (Å²) in [6.07, 6.45) is 0. The summed E-state index contributed by atoms with van der Waals surface area (Å²) in [6, 6.07) is 13.4. The third-order valence-corrected chi connectivity index (χ3v) is 6.44. The molecule has 3 aromatic rings. The van der Waals surface area contributed by atoms with Crippen LogP contribution >= 0.6 is 24.8 Å². The number of fused-ring (bicyclic) bond motifs is 2. The second-order valence-corrected chi connectivity index (χ2v) is 8.49. The molecule has 1 atom stereocenters. The molecule has 1 amide bonds. The van der Waals surface area contributed by atoms with Crippen molar-refractivity contribution in [3.05, 3.63) is 58.7 Å². The zero-order valence-corrected chi connectivity index (χ0v) is 21.1. The standard InChI is InChI=1S/C25H32N4O.2ClH/c1-6-29(7-2)15-17-8-9-22-19(10-17)13-23(27-22)21-12-18(16(3)28(4)5)11-20-14-26-25(30)24(20)21;;/h8-13,16,27H,6-7,14-15H2,1-5H3,(H,26,30);2*1H. The van der Waals surface area contributed by atoms with E-state index in [0.717, 1.165) is 47.5 Å². The van der Waals surface area contributed by atoms with Gasteiger partial charge < -0.3 is 15.2 Å². The minimum atomic E-state index is 0. The summed E-state index contributed by atoms with van der Waals surface area (Å²) in [5.74, 6) is 0.0185. The highest BCUT2D eigenvalue weighted by molar-refractivity contribution is 6.05. The summed E-state index contributed by atoms with van der Waals surface area (Å²) in [6.45, 7) is 10.2. The lowest BCUT2D eigenvalue weighted by Gasteiger charge is -2.21. The number of nitrogens with one attached hydrogen (secondary N) is 2. The molecule has 0 bridgehead atoms. The summed E-state index contributed by atoms with van der Waals surface area (Å²) in [4.78, 5) is 20.8. The molecule has 0 saturated heterocycles. The van der Waals surface area contributed by atoms with Gasteiger partial charge in [-0.15, -0.1) is 24.8 Å². The summed E-state index contributed by atoms with van der Waals surface area (Å²) < 4.78 is 0. The van der Waals surface area contributed by atoms with Crippen molar-refractivity contribution < 1.29 is 4.79 Å². The van der Waals surface area contributed by atoms with E-state index >= 15 is 0 Å². The van der Waals surface area contributed by atoms with Crippen molar-refractivity contribution in [3.8, 4) is 11.3 Å². The summed E-state index contributed by atoms with van der Waals surface area (Å²) in [5, 5.41) is 4.18. The number of hydrogen-bond acceptors (Lipinski definition) is 3. The lowest BCUT2D eigenvalue weighted by Crippen LogP contribution is -2.21. The first-order valence-corrected chi connectivity index (χ1v) is 10.9. The largest absolute Gasteiger partial charge is 0.355 e. The van der Waals surface area contributed by atoms with Crippen LogP contribution in [0.2, 0.25) is 0 Å². The number of carbonyl (C=O) groups excluding carboxylic acids is 1. The van der Waals surface area contributed by atoms with E-state index in [9.17, 15) is 4.79 Å². The maximum absolute atomic E-state index is 12.6. The molecule has 0 radical (unpaired) electrons. The third-order valence-electron chi connectivity index (χ3n) is 6.44. The van der Waals surface area contributed by atoms with Gasteiger partial charge in [0.25, 0.3) is 5.91 Å². The van der Waals surface area contributed by atoms with Gasteiger partial charge in [0, 0.05) is 41.3 Å². The molecular formula is C25H34Cl2N4O. The van der Waals surface area contributed by atoms with Gasteiger partial charge in [0.15, 0.2) is 0 Å². The Labute approximate surface area is 203 Å². The number of benzene rings is 2. The van der Waals surface area contributed by atoms with Gasteiger partial charge in [-0.1, -0.05) is 26.0 Å². The van der Waals surface area contributed by atoms with E-state index in [1.165, 1.54) is 16.5 Å². The van der Waals surface area contributed by atoms with Crippen LogP contribution in [0.4, 0.5) is 0 Å². The second-order valence-electron chi connectivity index (χ2n) is 8.49. The van der Waals surface area contributed by atoms with Crippen LogP contribution in [-0.4, -0.2) is 47.9 Å². The predicted molar refractivity (Wildman–Crippen MR) is 138 cm³/mol. The predicted octanol–water partition coefficient (Wildman–Crippen LogP) is 5.39. The van der Waals surface area contributed by atoms with Crippen molar-refractivity contribution in [2.45, 2.75) is 39.9 Å². The summed E-state index contributed by atoms with van der Waals surface area (Å²) >= 11 is 0. The van der Waals surface area contributed by atoms with Crippen molar-refractivity contribution in [1.29, 1.82) is 0 Å². The number of aromatic amines is 1. The number of halogens is 2. The maximum atomic E-state index is 12.6. The minimum absolute atomic E-state index is 0. The van der Waals surface area contributed by atoms with E-state index in [2.05, 4.69) is 91.4 Å². The van der Waals surface area contributed by atoms with Crippen LogP contribution in [0, 0.1) is 0 Å². The average molecular weight is 477 g/mol. The average Bonchev–Trinajstić information content (AvgIpc) is 3.34. The van der Waals surface area contributed by atoms with Crippen LogP contribution in [0.1, 0.15) is 53.9 Å². The van der Waals surface area contributed by atoms with Crippen LogP contribution in [0.15, 0.2) is 36.4 Å². The van der Waals surface area contributed by atoms with E-state index in [1.807, 2.05) is 0 Å². The highest BCUT2D eigenvalue weighted by atomic mass is 35.5. The first kappa shape index (κ1) is 26.2. The number of H-pyrrole nitrogens is 1. The molecule has 32 heavy (non-hydrogen) atoms. The molecule has 0 spiro atoms. The number of rotatable bonds is 7. The first-order chi connectivity index (χ1) is 14.4. The van der Waals surface area contributed by atoms with Gasteiger partial charge in [-0.25, -0.2) is 0 Å². The van der Waals surface area contributed by atoms with E-state index < -0.39 is 0 Å². The Bertz CT molecular complexity index is 1090. The lowest BCUT2D eigenvalue weighted by molar-refractivity contribution is 0.0966. The molecule has 2 N–H and O–H groups in total. The number of carbonyl (C=O) groups is 1. The fourth-order valence-corrected chi connectivity index (χ4v) is 4.28. The molecule has 1 aromatic heterocycles.